The van der Waals surface area contributed by atoms with E-state index in [2.05, 4.69) is 29.5 Å². The standard InChI is InChI=1S/C21H26INO3S/c1-3-4-11-23(15-19-8-7-18(16-24)14-21(19)22)12-13-27(25,26)20-9-5-17(2)6-10-20/h5-10,12-14,24H,3-4,11,15-16H2,1-2H3/b13-12+. The molecule has 6 heteroatoms. The van der Waals surface area contributed by atoms with Crippen LogP contribution in [0.4, 0.5) is 0 Å². The summed E-state index contributed by atoms with van der Waals surface area (Å²) in [7, 11) is -3.47. The normalized spacial score (nSPS) is 11.9. The summed E-state index contributed by atoms with van der Waals surface area (Å²) in [4.78, 5) is 2.34. The number of unbranched alkanes of at least 4 members (excludes halogenated alkanes) is 1. The average Bonchev–Trinajstić information content (AvgIpc) is 2.65. The summed E-state index contributed by atoms with van der Waals surface area (Å²) in [5.41, 5.74) is 3.02. The lowest BCUT2D eigenvalue weighted by Crippen LogP contribution is -2.19. The Balaban J connectivity index is 2.20. The van der Waals surface area contributed by atoms with Gasteiger partial charge in [0.05, 0.1) is 16.9 Å². The number of aryl methyl sites for hydroxylation is 1. The predicted octanol–water partition coefficient (Wildman–Crippen LogP) is 4.64. The topological polar surface area (TPSA) is 57.6 Å². The number of hydrogen-bond donors (Lipinski definition) is 1. The van der Waals surface area contributed by atoms with E-state index < -0.39 is 9.84 Å². The number of halogens is 1. The quantitative estimate of drug-likeness (QED) is 0.511. The number of nitrogens with zero attached hydrogens (tertiary/aromatic N) is 1. The Morgan fingerprint density at radius 2 is 1.85 bits per heavy atom. The van der Waals surface area contributed by atoms with Gasteiger partial charge in [-0.25, -0.2) is 8.42 Å². The summed E-state index contributed by atoms with van der Waals surface area (Å²) < 4.78 is 26.2. The Morgan fingerprint density at radius 1 is 1.15 bits per heavy atom. The fraction of sp³-hybridized carbons (Fsp3) is 0.333. The third-order valence-electron chi connectivity index (χ3n) is 4.27. The molecule has 0 fully saturated rings. The van der Waals surface area contributed by atoms with Crippen molar-refractivity contribution in [3.8, 4) is 0 Å². The van der Waals surface area contributed by atoms with Crippen LogP contribution in [0.5, 0.6) is 0 Å². The van der Waals surface area contributed by atoms with Gasteiger partial charge in [0, 0.05) is 22.9 Å². The third-order valence-corrected chi connectivity index (χ3v) is 6.69. The third kappa shape index (κ3) is 6.62. The summed E-state index contributed by atoms with van der Waals surface area (Å²) in [5.74, 6) is 0. The number of hydrogen-bond acceptors (Lipinski definition) is 4. The van der Waals surface area contributed by atoms with Gasteiger partial charge in [-0.1, -0.05) is 43.2 Å². The Kier molecular flexibility index (Phi) is 8.31. The van der Waals surface area contributed by atoms with Crippen LogP contribution in [0.25, 0.3) is 0 Å². The molecule has 0 heterocycles. The van der Waals surface area contributed by atoms with Gasteiger partial charge in [0.25, 0.3) is 0 Å². The van der Waals surface area contributed by atoms with Crippen molar-refractivity contribution in [2.24, 2.45) is 0 Å². The zero-order valence-corrected chi connectivity index (χ0v) is 18.7. The number of benzene rings is 2. The Labute approximate surface area is 176 Å². The van der Waals surface area contributed by atoms with Crippen LogP contribution in [0, 0.1) is 10.5 Å². The molecule has 0 atom stereocenters. The minimum atomic E-state index is -3.47. The lowest BCUT2D eigenvalue weighted by Gasteiger charge is -2.21. The molecule has 2 rings (SSSR count). The molecule has 0 bridgehead atoms. The Morgan fingerprint density at radius 3 is 2.44 bits per heavy atom. The summed E-state index contributed by atoms with van der Waals surface area (Å²) >= 11 is 2.26. The highest BCUT2D eigenvalue weighted by molar-refractivity contribution is 14.1. The van der Waals surface area contributed by atoms with Crippen molar-refractivity contribution in [3.05, 3.63) is 74.3 Å². The summed E-state index contributed by atoms with van der Waals surface area (Å²) in [5, 5.41) is 10.6. The predicted molar refractivity (Wildman–Crippen MR) is 118 cm³/mol. The van der Waals surface area contributed by atoms with Crippen molar-refractivity contribution < 1.29 is 13.5 Å². The van der Waals surface area contributed by atoms with E-state index in [0.29, 0.717) is 11.4 Å². The van der Waals surface area contributed by atoms with E-state index in [-0.39, 0.29) is 6.61 Å². The van der Waals surface area contributed by atoms with Crippen LogP contribution in [0.2, 0.25) is 0 Å². The summed E-state index contributed by atoms with van der Waals surface area (Å²) in [6.45, 7) is 5.48. The second-order valence-electron chi connectivity index (χ2n) is 6.55. The van der Waals surface area contributed by atoms with Crippen LogP contribution in [0.1, 0.15) is 36.5 Å². The van der Waals surface area contributed by atoms with Gasteiger partial charge in [-0.2, -0.15) is 0 Å². The van der Waals surface area contributed by atoms with Crippen molar-refractivity contribution >= 4 is 32.4 Å². The molecule has 0 aliphatic rings. The highest BCUT2D eigenvalue weighted by Gasteiger charge is 2.12. The maximum Gasteiger partial charge on any atom is 0.201 e. The second kappa shape index (κ2) is 10.2. The minimum absolute atomic E-state index is 0.0184. The number of rotatable bonds is 9. The Hall–Kier alpha value is -1.38. The fourth-order valence-corrected chi connectivity index (χ4v) is 4.33. The van der Waals surface area contributed by atoms with Crippen molar-refractivity contribution in [3.63, 3.8) is 0 Å². The van der Waals surface area contributed by atoms with Gasteiger partial charge < -0.3 is 10.0 Å². The molecule has 0 radical (unpaired) electrons. The molecule has 0 spiro atoms. The first-order valence-electron chi connectivity index (χ1n) is 8.98. The first kappa shape index (κ1) is 21.9. The largest absolute Gasteiger partial charge is 0.392 e. The van der Waals surface area contributed by atoms with E-state index >= 15 is 0 Å². The maximum absolute atomic E-state index is 12.6. The van der Waals surface area contributed by atoms with Gasteiger partial charge in [-0.15, -0.1) is 0 Å². The van der Waals surface area contributed by atoms with Crippen molar-refractivity contribution in [1.29, 1.82) is 0 Å². The van der Waals surface area contributed by atoms with Crippen molar-refractivity contribution in [1.82, 2.24) is 4.90 Å². The monoisotopic (exact) mass is 499 g/mol. The first-order valence-corrected chi connectivity index (χ1v) is 11.6. The molecule has 2 aromatic rings. The molecule has 0 amide bonds. The first-order chi connectivity index (χ1) is 12.9. The van der Waals surface area contributed by atoms with Gasteiger partial charge in [-0.05, 0) is 65.3 Å². The molecule has 0 unspecified atom stereocenters. The number of sulfone groups is 1. The molecule has 2 aromatic carbocycles. The van der Waals surface area contributed by atoms with Crippen LogP contribution in [0.3, 0.4) is 0 Å². The Bertz CT molecular complexity index is 877. The molecule has 0 aliphatic heterocycles. The highest BCUT2D eigenvalue weighted by atomic mass is 127. The molecule has 0 aliphatic carbocycles. The van der Waals surface area contributed by atoms with Crippen molar-refractivity contribution in [2.75, 3.05) is 6.54 Å². The van der Waals surface area contributed by atoms with Crippen LogP contribution in [0.15, 0.2) is 59.0 Å². The van der Waals surface area contributed by atoms with Crippen LogP contribution < -0.4 is 0 Å². The molecular weight excluding hydrogens is 473 g/mol. The lowest BCUT2D eigenvalue weighted by molar-refractivity contribution is 0.281. The molecular formula is C21H26INO3S. The van der Waals surface area contributed by atoms with Crippen LogP contribution >= 0.6 is 22.6 Å². The van der Waals surface area contributed by atoms with Gasteiger partial charge in [0.1, 0.15) is 0 Å². The molecule has 1 N–H and O–H groups in total. The molecule has 0 aromatic heterocycles. The van der Waals surface area contributed by atoms with Crippen molar-refractivity contribution in [2.45, 2.75) is 44.7 Å². The summed E-state index contributed by atoms with van der Waals surface area (Å²) in [6.07, 6.45) is 3.71. The SMILES string of the molecule is CCCCN(/C=C/S(=O)(=O)c1ccc(C)cc1)Cc1ccc(CO)cc1I. The average molecular weight is 499 g/mol. The minimum Gasteiger partial charge on any atom is -0.392 e. The molecule has 146 valence electrons. The second-order valence-corrected chi connectivity index (χ2v) is 9.55. The van der Waals surface area contributed by atoms with Gasteiger partial charge >= 0.3 is 0 Å². The maximum atomic E-state index is 12.6. The van der Waals surface area contributed by atoms with Crippen LogP contribution in [-0.4, -0.2) is 25.0 Å². The van der Waals surface area contributed by atoms with E-state index in [0.717, 1.165) is 39.6 Å². The molecule has 27 heavy (non-hydrogen) atoms. The van der Waals surface area contributed by atoms with Crippen LogP contribution in [-0.2, 0) is 23.0 Å². The highest BCUT2D eigenvalue weighted by Crippen LogP contribution is 2.19. The lowest BCUT2D eigenvalue weighted by atomic mass is 10.1. The van der Waals surface area contributed by atoms with E-state index in [1.807, 2.05) is 30.0 Å². The number of aliphatic hydroxyl groups is 1. The smallest absolute Gasteiger partial charge is 0.201 e. The van der Waals surface area contributed by atoms with E-state index in [4.69, 9.17) is 0 Å². The number of aliphatic hydroxyl groups excluding tert-OH is 1. The molecule has 0 saturated carbocycles. The molecule has 4 nitrogen and oxygen atoms in total. The van der Waals surface area contributed by atoms with E-state index in [1.54, 1.807) is 30.5 Å². The zero-order chi connectivity index (χ0) is 19.9. The molecule has 0 saturated heterocycles. The van der Waals surface area contributed by atoms with Gasteiger partial charge in [-0.3, -0.25) is 0 Å². The van der Waals surface area contributed by atoms with E-state index in [1.165, 1.54) is 5.41 Å². The summed E-state index contributed by atoms with van der Waals surface area (Å²) in [6, 6.07) is 12.8. The zero-order valence-electron chi connectivity index (χ0n) is 15.7. The van der Waals surface area contributed by atoms with E-state index in [9.17, 15) is 13.5 Å². The van der Waals surface area contributed by atoms with Gasteiger partial charge in [0.15, 0.2) is 0 Å². The fourth-order valence-electron chi connectivity index (χ4n) is 2.58. The van der Waals surface area contributed by atoms with Gasteiger partial charge in [0.2, 0.25) is 9.84 Å².